The fourth-order valence-electron chi connectivity index (χ4n) is 3.04. The first-order valence-electron chi connectivity index (χ1n) is 8.31. The topological polar surface area (TPSA) is 66.9 Å². The third-order valence-electron chi connectivity index (χ3n) is 4.34. The summed E-state index contributed by atoms with van der Waals surface area (Å²) in [5.41, 5.74) is 1.87. The van der Waals surface area contributed by atoms with Crippen molar-refractivity contribution in [1.29, 1.82) is 0 Å². The number of hydrogen-bond acceptors (Lipinski definition) is 3. The van der Waals surface area contributed by atoms with Crippen molar-refractivity contribution in [2.75, 3.05) is 6.54 Å². The summed E-state index contributed by atoms with van der Waals surface area (Å²) in [7, 11) is 0. The summed E-state index contributed by atoms with van der Waals surface area (Å²) >= 11 is 5.22. The van der Waals surface area contributed by atoms with Gasteiger partial charge in [0, 0.05) is 6.54 Å². The predicted octanol–water partition coefficient (Wildman–Crippen LogP) is 3.07. The van der Waals surface area contributed by atoms with Gasteiger partial charge < -0.3 is 10.3 Å². The molecule has 3 rings (SSSR count). The minimum atomic E-state index is -0.237. The first-order chi connectivity index (χ1) is 11.6. The highest BCUT2D eigenvalue weighted by atomic mass is 32.1. The molecule has 0 saturated carbocycles. The lowest BCUT2D eigenvalue weighted by atomic mass is 9.97. The monoisotopic (exact) mass is 343 g/mol. The number of nitrogens with zero attached hydrogens (tertiary/aromatic N) is 1. The van der Waals surface area contributed by atoms with Crippen LogP contribution in [0.2, 0.25) is 0 Å². The number of carbonyl (C=O) groups is 1. The largest absolute Gasteiger partial charge is 0.354 e. The molecule has 5 nitrogen and oxygen atoms in total. The number of allylic oxidation sites excluding steroid dienone is 1. The van der Waals surface area contributed by atoms with Gasteiger partial charge in [0.1, 0.15) is 6.54 Å². The number of para-hydroxylation sites is 1. The lowest BCUT2D eigenvalue weighted by Crippen LogP contribution is -2.33. The van der Waals surface area contributed by atoms with Crippen molar-refractivity contribution in [1.82, 2.24) is 14.9 Å². The molecule has 0 bridgehead atoms. The summed E-state index contributed by atoms with van der Waals surface area (Å²) in [4.78, 5) is 27.6. The average molecular weight is 343 g/mol. The maximum atomic E-state index is 12.5. The lowest BCUT2D eigenvalue weighted by Gasteiger charge is -2.13. The Hall–Kier alpha value is -2.21. The molecule has 0 spiro atoms. The van der Waals surface area contributed by atoms with Crippen molar-refractivity contribution in [3.63, 3.8) is 0 Å². The standard InChI is InChI=1S/C18H21N3O2S/c22-16(19-11-10-13-6-2-1-3-7-13)12-21-17(23)14-8-4-5-9-15(14)20-18(21)24/h4-6,8-9H,1-3,7,10-12H2,(H,19,22)(H,20,24). The fourth-order valence-corrected chi connectivity index (χ4v) is 3.29. The summed E-state index contributed by atoms with van der Waals surface area (Å²) in [6, 6.07) is 7.16. The van der Waals surface area contributed by atoms with E-state index >= 15 is 0 Å². The van der Waals surface area contributed by atoms with Gasteiger partial charge in [-0.15, -0.1) is 0 Å². The van der Waals surface area contributed by atoms with Crippen LogP contribution in [0.3, 0.4) is 0 Å². The van der Waals surface area contributed by atoms with E-state index in [-0.39, 0.29) is 22.8 Å². The number of H-pyrrole nitrogens is 1. The molecule has 6 heteroatoms. The Balaban J connectivity index is 1.66. The number of carbonyl (C=O) groups excluding carboxylic acids is 1. The molecular weight excluding hydrogens is 322 g/mol. The molecule has 1 aliphatic carbocycles. The maximum Gasteiger partial charge on any atom is 0.262 e. The molecule has 1 aromatic heterocycles. The van der Waals surface area contributed by atoms with E-state index in [1.807, 2.05) is 6.07 Å². The van der Waals surface area contributed by atoms with E-state index in [1.165, 1.54) is 23.0 Å². The molecule has 1 heterocycles. The van der Waals surface area contributed by atoms with Crippen LogP contribution in [-0.2, 0) is 11.3 Å². The summed E-state index contributed by atoms with van der Waals surface area (Å²) in [6.07, 6.45) is 7.93. The highest BCUT2D eigenvalue weighted by molar-refractivity contribution is 7.71. The van der Waals surface area contributed by atoms with E-state index in [0.717, 1.165) is 19.3 Å². The number of hydrogen-bond donors (Lipinski definition) is 2. The van der Waals surface area contributed by atoms with E-state index in [0.29, 0.717) is 17.4 Å². The second kappa shape index (κ2) is 7.57. The molecule has 0 radical (unpaired) electrons. The minimum absolute atomic E-state index is 0.0575. The highest BCUT2D eigenvalue weighted by Gasteiger charge is 2.10. The number of aromatic nitrogens is 2. The molecule has 126 valence electrons. The van der Waals surface area contributed by atoms with Gasteiger partial charge >= 0.3 is 0 Å². The van der Waals surface area contributed by atoms with Crippen LogP contribution >= 0.6 is 12.2 Å². The molecule has 0 atom stereocenters. The lowest BCUT2D eigenvalue weighted by molar-refractivity contribution is -0.121. The first-order valence-corrected chi connectivity index (χ1v) is 8.72. The van der Waals surface area contributed by atoms with Crippen molar-refractivity contribution in [3.8, 4) is 0 Å². The third kappa shape index (κ3) is 3.82. The molecule has 24 heavy (non-hydrogen) atoms. The van der Waals surface area contributed by atoms with Crippen LogP contribution in [0.4, 0.5) is 0 Å². The van der Waals surface area contributed by atoms with E-state index in [2.05, 4.69) is 16.4 Å². The Labute approximate surface area is 145 Å². The molecule has 2 aromatic rings. The zero-order chi connectivity index (χ0) is 16.9. The van der Waals surface area contributed by atoms with Crippen LogP contribution in [0.5, 0.6) is 0 Å². The quantitative estimate of drug-likeness (QED) is 0.648. The number of rotatable bonds is 5. The SMILES string of the molecule is O=C(Cn1c(=S)[nH]c2ccccc2c1=O)NCCC1=CCCCC1. The van der Waals surface area contributed by atoms with Crippen LogP contribution in [-0.4, -0.2) is 22.0 Å². The van der Waals surface area contributed by atoms with Crippen molar-refractivity contribution >= 4 is 29.0 Å². The fraction of sp³-hybridized carbons (Fsp3) is 0.389. The molecule has 0 aliphatic heterocycles. The summed E-state index contributed by atoms with van der Waals surface area (Å²) in [5.74, 6) is -0.191. The number of nitrogens with one attached hydrogen (secondary N) is 2. The van der Waals surface area contributed by atoms with Crippen LogP contribution in [0, 0.1) is 4.77 Å². The highest BCUT2D eigenvalue weighted by Crippen LogP contribution is 2.19. The van der Waals surface area contributed by atoms with Gasteiger partial charge in [-0.25, -0.2) is 0 Å². The summed E-state index contributed by atoms with van der Waals surface area (Å²) < 4.78 is 1.58. The van der Waals surface area contributed by atoms with Gasteiger partial charge in [-0.05, 0) is 56.5 Å². The Bertz CT molecular complexity index is 895. The van der Waals surface area contributed by atoms with Crippen LogP contribution in [0.15, 0.2) is 40.7 Å². The Morgan fingerprint density at radius 3 is 2.92 bits per heavy atom. The van der Waals surface area contributed by atoms with Crippen molar-refractivity contribution in [2.45, 2.75) is 38.6 Å². The minimum Gasteiger partial charge on any atom is -0.354 e. The smallest absolute Gasteiger partial charge is 0.262 e. The van der Waals surface area contributed by atoms with Gasteiger partial charge in [0.15, 0.2) is 4.77 Å². The van der Waals surface area contributed by atoms with Crippen molar-refractivity contribution in [2.24, 2.45) is 0 Å². The van der Waals surface area contributed by atoms with Gasteiger partial charge in [0.25, 0.3) is 5.56 Å². The number of aromatic amines is 1. The normalized spacial score (nSPS) is 14.4. The van der Waals surface area contributed by atoms with E-state index in [1.54, 1.807) is 18.2 Å². The maximum absolute atomic E-state index is 12.5. The van der Waals surface area contributed by atoms with Gasteiger partial charge in [-0.2, -0.15) is 0 Å². The van der Waals surface area contributed by atoms with E-state index in [9.17, 15) is 9.59 Å². The molecule has 0 fully saturated rings. The van der Waals surface area contributed by atoms with E-state index < -0.39 is 0 Å². The Kier molecular flexibility index (Phi) is 5.25. The molecule has 2 N–H and O–H groups in total. The molecule has 1 amide bonds. The Morgan fingerprint density at radius 2 is 2.12 bits per heavy atom. The van der Waals surface area contributed by atoms with Crippen LogP contribution in [0.25, 0.3) is 10.9 Å². The van der Waals surface area contributed by atoms with E-state index in [4.69, 9.17) is 12.2 Å². The third-order valence-corrected chi connectivity index (χ3v) is 4.67. The molecule has 1 aliphatic rings. The van der Waals surface area contributed by atoms with Crippen LogP contribution in [0.1, 0.15) is 32.1 Å². The average Bonchev–Trinajstić information content (AvgIpc) is 2.59. The van der Waals surface area contributed by atoms with Gasteiger partial charge in [0.2, 0.25) is 5.91 Å². The summed E-state index contributed by atoms with van der Waals surface area (Å²) in [6.45, 7) is 0.543. The number of amides is 1. The second-order valence-electron chi connectivity index (χ2n) is 6.08. The molecular formula is C18H21N3O2S. The Morgan fingerprint density at radius 1 is 1.29 bits per heavy atom. The first kappa shape index (κ1) is 16.6. The summed E-state index contributed by atoms with van der Waals surface area (Å²) in [5, 5.41) is 3.41. The molecule has 0 saturated heterocycles. The second-order valence-corrected chi connectivity index (χ2v) is 6.46. The van der Waals surface area contributed by atoms with Gasteiger partial charge in [-0.1, -0.05) is 23.8 Å². The van der Waals surface area contributed by atoms with Crippen molar-refractivity contribution < 1.29 is 4.79 Å². The predicted molar refractivity (Wildman–Crippen MR) is 97.6 cm³/mol. The molecule has 1 aromatic carbocycles. The van der Waals surface area contributed by atoms with Crippen LogP contribution < -0.4 is 10.9 Å². The number of benzene rings is 1. The molecule has 0 unspecified atom stereocenters. The zero-order valence-electron chi connectivity index (χ0n) is 13.5. The van der Waals surface area contributed by atoms with Gasteiger partial charge in [0.05, 0.1) is 10.9 Å². The van der Waals surface area contributed by atoms with Crippen molar-refractivity contribution in [3.05, 3.63) is 51.0 Å². The van der Waals surface area contributed by atoms with Gasteiger partial charge in [-0.3, -0.25) is 14.2 Å². The number of fused-ring (bicyclic) bond motifs is 1. The zero-order valence-corrected chi connectivity index (χ0v) is 14.3.